The number of aryl methyl sites for hydroxylation is 1. The van der Waals surface area contributed by atoms with E-state index in [2.05, 4.69) is 0 Å². The number of carbonyl (C=O) groups is 1. The van der Waals surface area contributed by atoms with Gasteiger partial charge in [-0.05, 0) is 37.9 Å². The van der Waals surface area contributed by atoms with Crippen LogP contribution >= 0.6 is 0 Å². The molecule has 0 aromatic heterocycles. The molecule has 0 N–H and O–H groups in total. The Bertz CT molecular complexity index is 545. The first-order valence-electron chi connectivity index (χ1n) is 7.85. The van der Waals surface area contributed by atoms with Crippen LogP contribution in [0.25, 0.3) is 0 Å². The van der Waals surface area contributed by atoms with Crippen LogP contribution in [0.1, 0.15) is 24.0 Å². The van der Waals surface area contributed by atoms with Gasteiger partial charge in [-0.25, -0.2) is 0 Å². The summed E-state index contributed by atoms with van der Waals surface area (Å²) in [7, 11) is 1.82. The number of piperidine rings is 1. The van der Waals surface area contributed by atoms with Gasteiger partial charge in [0.15, 0.2) is 0 Å². The summed E-state index contributed by atoms with van der Waals surface area (Å²) in [6, 6.07) is 7.89. The summed E-state index contributed by atoms with van der Waals surface area (Å²) in [5.74, 6) is -1.61. The Balaban J connectivity index is 1.89. The van der Waals surface area contributed by atoms with Gasteiger partial charge in [-0.2, -0.15) is 13.2 Å². The molecule has 1 heterocycles. The van der Waals surface area contributed by atoms with Crippen LogP contribution in [-0.4, -0.2) is 48.6 Å². The van der Waals surface area contributed by atoms with Crippen molar-refractivity contribution >= 4 is 5.91 Å². The highest BCUT2D eigenvalue weighted by atomic mass is 19.4. The van der Waals surface area contributed by atoms with E-state index in [1.165, 1.54) is 4.90 Å². The highest BCUT2D eigenvalue weighted by Gasteiger charge is 2.42. The van der Waals surface area contributed by atoms with E-state index in [4.69, 9.17) is 0 Å². The molecule has 3 nitrogen and oxygen atoms in total. The predicted molar refractivity (Wildman–Crippen MR) is 82.9 cm³/mol. The van der Waals surface area contributed by atoms with Gasteiger partial charge in [0, 0.05) is 19.6 Å². The zero-order chi connectivity index (χ0) is 17.0. The number of benzene rings is 1. The van der Waals surface area contributed by atoms with Gasteiger partial charge in [-0.15, -0.1) is 0 Å². The summed E-state index contributed by atoms with van der Waals surface area (Å²) >= 11 is 0. The molecule has 1 aliphatic rings. The summed E-state index contributed by atoms with van der Waals surface area (Å²) in [6.07, 6.45) is -3.68. The second-order valence-corrected chi connectivity index (χ2v) is 6.32. The summed E-state index contributed by atoms with van der Waals surface area (Å²) < 4.78 is 38.5. The molecule has 1 aliphatic heterocycles. The van der Waals surface area contributed by atoms with Gasteiger partial charge < -0.3 is 4.90 Å². The molecule has 1 atom stereocenters. The van der Waals surface area contributed by atoms with Crippen LogP contribution in [0.2, 0.25) is 0 Å². The van der Waals surface area contributed by atoms with Crippen molar-refractivity contribution in [2.75, 3.05) is 26.7 Å². The summed E-state index contributed by atoms with van der Waals surface area (Å²) in [5.41, 5.74) is 2.26. The van der Waals surface area contributed by atoms with Crippen molar-refractivity contribution in [3.8, 4) is 0 Å². The number of nitrogens with zero attached hydrogens (tertiary/aromatic N) is 2. The van der Waals surface area contributed by atoms with Crippen LogP contribution in [0.5, 0.6) is 0 Å². The van der Waals surface area contributed by atoms with Crippen molar-refractivity contribution in [2.45, 2.75) is 32.5 Å². The average Bonchev–Trinajstić information content (AvgIpc) is 2.49. The van der Waals surface area contributed by atoms with Crippen LogP contribution in [-0.2, 0) is 11.3 Å². The zero-order valence-electron chi connectivity index (χ0n) is 13.6. The Morgan fingerprint density at radius 3 is 2.70 bits per heavy atom. The number of likely N-dealkylation sites (N-methyl/N-ethyl adjacent to an activating group) is 1. The van der Waals surface area contributed by atoms with E-state index in [0.717, 1.165) is 11.1 Å². The zero-order valence-corrected chi connectivity index (χ0v) is 13.6. The van der Waals surface area contributed by atoms with Gasteiger partial charge in [0.1, 0.15) is 0 Å². The number of alkyl halides is 3. The lowest BCUT2D eigenvalue weighted by atomic mass is 9.97. The van der Waals surface area contributed by atoms with Crippen molar-refractivity contribution in [1.29, 1.82) is 0 Å². The third kappa shape index (κ3) is 4.96. The number of rotatable bonds is 4. The number of hydrogen-bond acceptors (Lipinski definition) is 2. The molecule has 0 aliphatic carbocycles. The monoisotopic (exact) mass is 328 g/mol. The van der Waals surface area contributed by atoms with E-state index in [0.29, 0.717) is 19.5 Å². The maximum atomic E-state index is 12.8. The fourth-order valence-corrected chi connectivity index (χ4v) is 2.94. The molecule has 1 aromatic rings. The lowest BCUT2D eigenvalue weighted by molar-refractivity contribution is -0.188. The molecule has 0 spiro atoms. The molecular weight excluding hydrogens is 305 g/mol. The molecule has 1 amide bonds. The SMILES string of the molecule is Cc1ccccc1CN(C)CC(=O)N1CCCC(C(F)(F)F)C1. The minimum absolute atomic E-state index is 0.117. The van der Waals surface area contributed by atoms with Crippen LogP contribution in [0.3, 0.4) is 0 Å². The first kappa shape index (κ1) is 17.8. The largest absolute Gasteiger partial charge is 0.393 e. The molecule has 1 saturated heterocycles. The first-order valence-corrected chi connectivity index (χ1v) is 7.85. The summed E-state index contributed by atoms with van der Waals surface area (Å²) in [6.45, 7) is 2.96. The Labute approximate surface area is 135 Å². The number of halogens is 3. The van der Waals surface area contributed by atoms with E-state index in [9.17, 15) is 18.0 Å². The minimum Gasteiger partial charge on any atom is -0.341 e. The van der Waals surface area contributed by atoms with E-state index in [1.807, 2.05) is 43.1 Å². The Morgan fingerprint density at radius 1 is 1.35 bits per heavy atom. The maximum absolute atomic E-state index is 12.8. The summed E-state index contributed by atoms with van der Waals surface area (Å²) in [5, 5.41) is 0. The van der Waals surface area contributed by atoms with E-state index in [-0.39, 0.29) is 25.4 Å². The van der Waals surface area contributed by atoms with Crippen LogP contribution in [0.15, 0.2) is 24.3 Å². The third-order valence-electron chi connectivity index (χ3n) is 4.34. The van der Waals surface area contributed by atoms with Gasteiger partial charge in [0.05, 0.1) is 12.5 Å². The molecule has 23 heavy (non-hydrogen) atoms. The number of hydrogen-bond donors (Lipinski definition) is 0. The average molecular weight is 328 g/mol. The molecule has 1 fully saturated rings. The van der Waals surface area contributed by atoms with Crippen LogP contribution < -0.4 is 0 Å². The molecule has 1 unspecified atom stereocenters. The van der Waals surface area contributed by atoms with Crippen LogP contribution in [0, 0.1) is 12.8 Å². The lowest BCUT2D eigenvalue weighted by Gasteiger charge is -2.34. The Morgan fingerprint density at radius 2 is 2.04 bits per heavy atom. The van der Waals surface area contributed by atoms with E-state index in [1.54, 1.807) is 0 Å². The summed E-state index contributed by atoms with van der Waals surface area (Å²) in [4.78, 5) is 15.5. The molecule has 0 bridgehead atoms. The fraction of sp³-hybridized carbons (Fsp3) is 0.588. The van der Waals surface area contributed by atoms with Crippen molar-refractivity contribution < 1.29 is 18.0 Å². The van der Waals surface area contributed by atoms with Gasteiger partial charge in [-0.3, -0.25) is 9.69 Å². The quantitative estimate of drug-likeness (QED) is 0.847. The first-order chi connectivity index (χ1) is 10.8. The Hall–Kier alpha value is -1.56. The molecular formula is C17H23F3N2O. The van der Waals surface area contributed by atoms with Gasteiger partial charge in [0.2, 0.25) is 5.91 Å². The van der Waals surface area contributed by atoms with Crippen molar-refractivity contribution in [3.63, 3.8) is 0 Å². The normalized spacial score (nSPS) is 19.2. The standard InChI is InChI=1S/C17H23F3N2O/c1-13-6-3-4-7-14(13)10-21(2)12-16(23)22-9-5-8-15(11-22)17(18,19)20/h3-4,6-7,15H,5,8-12H2,1-2H3. The smallest absolute Gasteiger partial charge is 0.341 e. The Kier molecular flexibility index (Phi) is 5.68. The van der Waals surface area contributed by atoms with Crippen LogP contribution in [0.4, 0.5) is 13.2 Å². The molecule has 1 aromatic carbocycles. The van der Waals surface area contributed by atoms with Gasteiger partial charge >= 0.3 is 6.18 Å². The molecule has 0 saturated carbocycles. The molecule has 128 valence electrons. The second kappa shape index (κ2) is 7.34. The topological polar surface area (TPSA) is 23.6 Å². The maximum Gasteiger partial charge on any atom is 0.393 e. The minimum atomic E-state index is -4.22. The number of amides is 1. The fourth-order valence-electron chi connectivity index (χ4n) is 2.94. The van der Waals surface area contributed by atoms with E-state index >= 15 is 0 Å². The molecule has 2 rings (SSSR count). The van der Waals surface area contributed by atoms with Crippen molar-refractivity contribution in [3.05, 3.63) is 35.4 Å². The van der Waals surface area contributed by atoms with Gasteiger partial charge in [0.25, 0.3) is 0 Å². The van der Waals surface area contributed by atoms with Crippen molar-refractivity contribution in [1.82, 2.24) is 9.80 Å². The van der Waals surface area contributed by atoms with Gasteiger partial charge in [-0.1, -0.05) is 24.3 Å². The van der Waals surface area contributed by atoms with E-state index < -0.39 is 12.1 Å². The lowest BCUT2D eigenvalue weighted by Crippen LogP contribution is -2.47. The predicted octanol–water partition coefficient (Wildman–Crippen LogP) is 3.23. The number of carbonyl (C=O) groups excluding carboxylic acids is 1. The molecule has 0 radical (unpaired) electrons. The third-order valence-corrected chi connectivity index (χ3v) is 4.34. The van der Waals surface area contributed by atoms with Crippen molar-refractivity contribution in [2.24, 2.45) is 5.92 Å². The number of likely N-dealkylation sites (tertiary alicyclic amines) is 1. The highest BCUT2D eigenvalue weighted by molar-refractivity contribution is 5.78. The highest BCUT2D eigenvalue weighted by Crippen LogP contribution is 2.33. The second-order valence-electron chi connectivity index (χ2n) is 6.32. The molecule has 6 heteroatoms.